The maximum Gasteiger partial charge on any atom is 0.270 e. The summed E-state index contributed by atoms with van der Waals surface area (Å²) in [6.45, 7) is 5.26. The molecule has 1 rings (SSSR count). The van der Waals surface area contributed by atoms with Crippen LogP contribution in [-0.4, -0.2) is 28.6 Å². The highest BCUT2D eigenvalue weighted by Crippen LogP contribution is 2.43. The van der Waals surface area contributed by atoms with Gasteiger partial charge in [-0.3, -0.25) is 4.55 Å². The summed E-state index contributed by atoms with van der Waals surface area (Å²) in [4.78, 5) is 0. The summed E-state index contributed by atoms with van der Waals surface area (Å²) in [6.07, 6.45) is 0.998. The molecule has 0 saturated heterocycles. The second-order valence-corrected chi connectivity index (χ2v) is 7.22. The molecule has 0 radical (unpaired) electrons. The predicted molar refractivity (Wildman–Crippen MR) is 56.8 cm³/mol. The van der Waals surface area contributed by atoms with Crippen LogP contribution >= 0.6 is 0 Å². The standard InChI is InChI=1S/C9H17NO4S/c1-8(2)4-7(10-11)5-9(3,6-8)15(12,13)14/h11H,4-6H2,1-3H3,(H,12,13,14)/b10-7+/t9-/m1/s1. The Hall–Kier alpha value is -0.620. The van der Waals surface area contributed by atoms with Crippen LogP contribution in [0, 0.1) is 5.41 Å². The van der Waals surface area contributed by atoms with Crippen LogP contribution in [0.4, 0.5) is 0 Å². The highest BCUT2D eigenvalue weighted by atomic mass is 32.2. The summed E-state index contributed by atoms with van der Waals surface area (Å²) in [6, 6.07) is 0. The van der Waals surface area contributed by atoms with Gasteiger partial charge in [0.25, 0.3) is 10.1 Å². The van der Waals surface area contributed by atoms with Crippen LogP contribution in [0.25, 0.3) is 0 Å². The van der Waals surface area contributed by atoms with Crippen molar-refractivity contribution in [2.24, 2.45) is 10.6 Å². The SMILES string of the molecule is CC1(C)C/C(=N\O)C[C@@](C)(S(=O)(=O)O)C1. The third kappa shape index (κ3) is 2.49. The Labute approximate surface area is 89.9 Å². The Bertz CT molecular complexity index is 385. The van der Waals surface area contributed by atoms with Crippen molar-refractivity contribution in [3.8, 4) is 0 Å². The lowest BCUT2D eigenvalue weighted by Crippen LogP contribution is -2.46. The Balaban J connectivity index is 3.14. The predicted octanol–water partition coefficient (Wildman–Crippen LogP) is 1.67. The van der Waals surface area contributed by atoms with E-state index in [9.17, 15) is 13.0 Å². The van der Waals surface area contributed by atoms with Crippen molar-refractivity contribution in [2.45, 2.75) is 44.8 Å². The molecule has 1 aliphatic carbocycles. The van der Waals surface area contributed by atoms with Crippen molar-refractivity contribution < 1.29 is 18.2 Å². The fraction of sp³-hybridized carbons (Fsp3) is 0.889. The number of nitrogens with zero attached hydrogens (tertiary/aromatic N) is 1. The third-order valence-corrected chi connectivity index (χ3v) is 4.41. The minimum atomic E-state index is -4.13. The van der Waals surface area contributed by atoms with Crippen LogP contribution in [-0.2, 0) is 10.1 Å². The van der Waals surface area contributed by atoms with Crippen LogP contribution in [0.15, 0.2) is 5.16 Å². The fourth-order valence-corrected chi connectivity index (χ4v) is 3.36. The average Bonchev–Trinajstić information content (AvgIpc) is 1.98. The maximum atomic E-state index is 11.3. The monoisotopic (exact) mass is 235 g/mol. The first kappa shape index (κ1) is 12.4. The van der Waals surface area contributed by atoms with Crippen molar-refractivity contribution in [3.05, 3.63) is 0 Å². The molecule has 15 heavy (non-hydrogen) atoms. The smallest absolute Gasteiger partial charge is 0.270 e. The lowest BCUT2D eigenvalue weighted by molar-refractivity contribution is 0.250. The van der Waals surface area contributed by atoms with Crippen LogP contribution in [0.1, 0.15) is 40.0 Å². The largest absolute Gasteiger partial charge is 0.411 e. The van der Waals surface area contributed by atoms with Gasteiger partial charge in [-0.25, -0.2) is 0 Å². The van der Waals surface area contributed by atoms with Crippen LogP contribution in [0.3, 0.4) is 0 Å². The molecule has 0 unspecified atom stereocenters. The zero-order valence-corrected chi connectivity index (χ0v) is 10.0. The molecular weight excluding hydrogens is 218 g/mol. The van der Waals surface area contributed by atoms with Crippen LogP contribution < -0.4 is 0 Å². The van der Waals surface area contributed by atoms with Gasteiger partial charge in [-0.1, -0.05) is 19.0 Å². The van der Waals surface area contributed by atoms with Crippen molar-refractivity contribution in [1.29, 1.82) is 0 Å². The molecule has 0 heterocycles. The average molecular weight is 235 g/mol. The van der Waals surface area contributed by atoms with Gasteiger partial charge in [-0.05, 0) is 25.2 Å². The molecule has 0 aromatic carbocycles. The van der Waals surface area contributed by atoms with Crippen molar-refractivity contribution >= 4 is 15.8 Å². The van der Waals surface area contributed by atoms with Crippen molar-refractivity contribution in [1.82, 2.24) is 0 Å². The number of oxime groups is 1. The lowest BCUT2D eigenvalue weighted by atomic mass is 9.71. The Morgan fingerprint density at radius 1 is 1.27 bits per heavy atom. The molecule has 1 atom stereocenters. The second kappa shape index (κ2) is 3.45. The van der Waals surface area contributed by atoms with E-state index in [0.29, 0.717) is 18.6 Å². The van der Waals surface area contributed by atoms with E-state index >= 15 is 0 Å². The second-order valence-electron chi connectivity index (χ2n) is 5.29. The molecule has 5 nitrogen and oxygen atoms in total. The Morgan fingerprint density at radius 3 is 2.20 bits per heavy atom. The van der Waals surface area contributed by atoms with Gasteiger partial charge in [-0.15, -0.1) is 0 Å². The molecule has 2 N–H and O–H groups in total. The van der Waals surface area contributed by atoms with Crippen molar-refractivity contribution in [2.75, 3.05) is 0 Å². The molecule has 1 aliphatic rings. The van der Waals surface area contributed by atoms with E-state index in [-0.39, 0.29) is 11.8 Å². The zero-order chi connectivity index (χ0) is 11.9. The van der Waals surface area contributed by atoms with E-state index in [1.807, 2.05) is 13.8 Å². The molecule has 0 amide bonds. The summed E-state index contributed by atoms with van der Waals surface area (Å²) in [5.41, 5.74) is 0.135. The number of rotatable bonds is 1. The summed E-state index contributed by atoms with van der Waals surface area (Å²) in [5.74, 6) is 0. The molecule has 0 aliphatic heterocycles. The topological polar surface area (TPSA) is 87.0 Å². The van der Waals surface area contributed by atoms with E-state index in [1.165, 1.54) is 6.92 Å². The first-order chi connectivity index (χ1) is 6.60. The highest BCUT2D eigenvalue weighted by Gasteiger charge is 2.47. The van der Waals surface area contributed by atoms with Gasteiger partial charge in [0.05, 0.1) is 5.71 Å². The molecule has 6 heteroatoms. The maximum absolute atomic E-state index is 11.3. The van der Waals surface area contributed by atoms with Gasteiger partial charge in [0, 0.05) is 6.42 Å². The van der Waals surface area contributed by atoms with E-state index in [4.69, 9.17) is 5.21 Å². The molecular formula is C9H17NO4S. The molecule has 1 saturated carbocycles. The minimum absolute atomic E-state index is 0.0891. The van der Waals surface area contributed by atoms with E-state index in [0.717, 1.165) is 0 Å². The van der Waals surface area contributed by atoms with Gasteiger partial charge >= 0.3 is 0 Å². The van der Waals surface area contributed by atoms with E-state index in [2.05, 4.69) is 5.16 Å². The van der Waals surface area contributed by atoms with Crippen LogP contribution in [0.5, 0.6) is 0 Å². The molecule has 0 aromatic rings. The van der Waals surface area contributed by atoms with Crippen LogP contribution in [0.2, 0.25) is 0 Å². The Morgan fingerprint density at radius 2 is 1.80 bits per heavy atom. The van der Waals surface area contributed by atoms with Gasteiger partial charge in [0.15, 0.2) is 0 Å². The summed E-state index contributed by atoms with van der Waals surface area (Å²) in [7, 11) is -4.13. The number of hydrogen-bond donors (Lipinski definition) is 2. The van der Waals surface area contributed by atoms with E-state index < -0.39 is 14.9 Å². The molecule has 1 fully saturated rings. The van der Waals surface area contributed by atoms with Gasteiger partial charge < -0.3 is 5.21 Å². The third-order valence-electron chi connectivity index (χ3n) is 2.88. The summed E-state index contributed by atoms with van der Waals surface area (Å²) >= 11 is 0. The summed E-state index contributed by atoms with van der Waals surface area (Å²) < 4.78 is 30.5. The van der Waals surface area contributed by atoms with Gasteiger partial charge in [0.2, 0.25) is 0 Å². The van der Waals surface area contributed by atoms with Crippen molar-refractivity contribution in [3.63, 3.8) is 0 Å². The van der Waals surface area contributed by atoms with Gasteiger partial charge in [0.1, 0.15) is 4.75 Å². The molecule has 0 spiro atoms. The lowest BCUT2D eigenvalue weighted by Gasteiger charge is -2.40. The Kier molecular flexibility index (Phi) is 2.86. The molecule has 0 aromatic heterocycles. The summed E-state index contributed by atoms with van der Waals surface area (Å²) in [5, 5.41) is 11.8. The first-order valence-corrected chi connectivity index (χ1v) is 6.21. The fourth-order valence-electron chi connectivity index (χ4n) is 2.44. The normalized spacial score (nSPS) is 34.3. The molecule has 88 valence electrons. The van der Waals surface area contributed by atoms with E-state index in [1.54, 1.807) is 0 Å². The van der Waals surface area contributed by atoms with Gasteiger partial charge in [-0.2, -0.15) is 8.42 Å². The first-order valence-electron chi connectivity index (χ1n) is 4.76. The highest BCUT2D eigenvalue weighted by molar-refractivity contribution is 7.87. The minimum Gasteiger partial charge on any atom is -0.411 e. The quantitative estimate of drug-likeness (QED) is 0.411. The molecule has 0 bridgehead atoms. The zero-order valence-electron chi connectivity index (χ0n) is 9.19. The number of hydrogen-bond acceptors (Lipinski definition) is 4.